The second-order valence-electron chi connectivity index (χ2n) is 2.00. The highest BCUT2D eigenvalue weighted by molar-refractivity contribution is 9.11. The van der Waals surface area contributed by atoms with Crippen LogP contribution in [0.5, 0.6) is 0 Å². The van der Waals surface area contributed by atoms with Crippen LogP contribution >= 0.6 is 31.9 Å². The number of hydrogen-bond donors (Lipinski definition) is 0. The summed E-state index contributed by atoms with van der Waals surface area (Å²) < 4.78 is 3.40. The summed E-state index contributed by atoms with van der Waals surface area (Å²) in [6, 6.07) is 3.69. The van der Waals surface area contributed by atoms with Gasteiger partial charge in [-0.25, -0.2) is 9.50 Å². The fourth-order valence-electron chi connectivity index (χ4n) is 0.847. The number of hydrogen-bond acceptors (Lipinski definition) is 2. The van der Waals surface area contributed by atoms with Gasteiger partial charge in [0, 0.05) is 12.1 Å². The SMILES string of the molecule is Brc1cc(Br)n2nccc2n1. The van der Waals surface area contributed by atoms with Crippen molar-refractivity contribution in [1.82, 2.24) is 14.6 Å². The second-order valence-corrected chi connectivity index (χ2v) is 3.63. The summed E-state index contributed by atoms with van der Waals surface area (Å²) >= 11 is 6.64. The molecule has 2 aromatic heterocycles. The minimum Gasteiger partial charge on any atom is -0.222 e. The van der Waals surface area contributed by atoms with Crippen molar-refractivity contribution in [2.45, 2.75) is 0 Å². The van der Waals surface area contributed by atoms with Gasteiger partial charge in [-0.1, -0.05) is 0 Å². The summed E-state index contributed by atoms with van der Waals surface area (Å²) in [6.07, 6.45) is 1.71. The zero-order valence-electron chi connectivity index (χ0n) is 5.33. The Morgan fingerprint density at radius 3 is 3.00 bits per heavy atom. The Morgan fingerprint density at radius 1 is 1.36 bits per heavy atom. The number of halogens is 2. The molecule has 11 heavy (non-hydrogen) atoms. The summed E-state index contributed by atoms with van der Waals surface area (Å²) in [5, 5.41) is 4.05. The van der Waals surface area contributed by atoms with Crippen LogP contribution in [-0.2, 0) is 0 Å². The maximum absolute atomic E-state index is 4.18. The smallest absolute Gasteiger partial charge is 0.157 e. The Hall–Kier alpha value is -0.420. The first-order chi connectivity index (χ1) is 5.27. The summed E-state index contributed by atoms with van der Waals surface area (Å²) in [6.45, 7) is 0. The largest absolute Gasteiger partial charge is 0.222 e. The highest BCUT2D eigenvalue weighted by Gasteiger charge is 2.00. The summed E-state index contributed by atoms with van der Waals surface area (Å²) in [5.74, 6) is 0. The molecule has 5 heteroatoms. The molecule has 3 nitrogen and oxygen atoms in total. The first-order valence-corrected chi connectivity index (χ1v) is 4.52. The van der Waals surface area contributed by atoms with Gasteiger partial charge in [0.2, 0.25) is 0 Å². The van der Waals surface area contributed by atoms with Gasteiger partial charge in [0.1, 0.15) is 9.21 Å². The number of fused-ring (bicyclic) bond motifs is 1. The standard InChI is InChI=1S/C6H3Br2N3/c7-4-3-5(8)11-6(10-4)1-2-9-11/h1-3H. The van der Waals surface area contributed by atoms with Crippen molar-refractivity contribution >= 4 is 37.5 Å². The average molecular weight is 277 g/mol. The van der Waals surface area contributed by atoms with Gasteiger partial charge in [0.15, 0.2) is 5.65 Å². The van der Waals surface area contributed by atoms with Gasteiger partial charge in [-0.15, -0.1) is 0 Å². The highest BCUT2D eigenvalue weighted by atomic mass is 79.9. The molecule has 0 bridgehead atoms. The summed E-state index contributed by atoms with van der Waals surface area (Å²) in [4.78, 5) is 4.18. The third-order valence-corrected chi connectivity index (χ3v) is 2.26. The van der Waals surface area contributed by atoms with Gasteiger partial charge in [-0.2, -0.15) is 5.10 Å². The maximum atomic E-state index is 4.18. The molecule has 2 rings (SSSR count). The zero-order chi connectivity index (χ0) is 7.84. The molecule has 0 saturated carbocycles. The molecule has 0 radical (unpaired) electrons. The molecule has 0 saturated heterocycles. The zero-order valence-corrected chi connectivity index (χ0v) is 8.50. The number of nitrogens with zero attached hydrogens (tertiary/aromatic N) is 3. The van der Waals surface area contributed by atoms with Gasteiger partial charge in [0.25, 0.3) is 0 Å². The highest BCUT2D eigenvalue weighted by Crippen LogP contribution is 2.16. The van der Waals surface area contributed by atoms with E-state index in [1.54, 1.807) is 10.7 Å². The lowest BCUT2D eigenvalue weighted by molar-refractivity contribution is 0.909. The molecule has 0 N–H and O–H groups in total. The van der Waals surface area contributed by atoms with Crippen molar-refractivity contribution in [2.75, 3.05) is 0 Å². The van der Waals surface area contributed by atoms with Gasteiger partial charge in [0.05, 0.1) is 6.20 Å². The van der Waals surface area contributed by atoms with Crippen LogP contribution in [0.15, 0.2) is 27.5 Å². The van der Waals surface area contributed by atoms with Gasteiger partial charge >= 0.3 is 0 Å². The fraction of sp³-hybridized carbons (Fsp3) is 0. The van der Waals surface area contributed by atoms with Crippen LogP contribution in [0, 0.1) is 0 Å². The van der Waals surface area contributed by atoms with E-state index in [-0.39, 0.29) is 0 Å². The first kappa shape index (κ1) is 7.24. The molecule has 0 amide bonds. The van der Waals surface area contributed by atoms with E-state index in [2.05, 4.69) is 41.9 Å². The van der Waals surface area contributed by atoms with Crippen molar-refractivity contribution < 1.29 is 0 Å². The number of rotatable bonds is 0. The second kappa shape index (κ2) is 2.57. The Kier molecular flexibility index (Phi) is 1.69. The van der Waals surface area contributed by atoms with Crippen LogP contribution in [0.3, 0.4) is 0 Å². The van der Waals surface area contributed by atoms with Crippen molar-refractivity contribution in [1.29, 1.82) is 0 Å². The summed E-state index contributed by atoms with van der Waals surface area (Å²) in [5.41, 5.74) is 0.825. The summed E-state index contributed by atoms with van der Waals surface area (Å²) in [7, 11) is 0. The molecule has 0 spiro atoms. The predicted octanol–water partition coefficient (Wildman–Crippen LogP) is 2.25. The van der Waals surface area contributed by atoms with E-state index in [4.69, 9.17) is 0 Å². The van der Waals surface area contributed by atoms with Crippen LogP contribution in [0.4, 0.5) is 0 Å². The Balaban J connectivity index is 2.91. The molecule has 2 heterocycles. The van der Waals surface area contributed by atoms with Gasteiger partial charge in [-0.3, -0.25) is 0 Å². The van der Waals surface area contributed by atoms with E-state index in [1.807, 2.05) is 12.1 Å². The molecular weight excluding hydrogens is 274 g/mol. The molecule has 0 aliphatic rings. The van der Waals surface area contributed by atoms with Crippen LogP contribution in [0.25, 0.3) is 5.65 Å². The van der Waals surface area contributed by atoms with Gasteiger partial charge < -0.3 is 0 Å². The minimum atomic E-state index is 0.803. The quantitative estimate of drug-likeness (QED) is 0.691. The van der Waals surface area contributed by atoms with Crippen molar-refractivity contribution in [3.05, 3.63) is 27.5 Å². The van der Waals surface area contributed by atoms with E-state index in [1.165, 1.54) is 0 Å². The Morgan fingerprint density at radius 2 is 2.18 bits per heavy atom. The lowest BCUT2D eigenvalue weighted by atomic mass is 10.6. The average Bonchev–Trinajstić information content (AvgIpc) is 2.34. The lowest BCUT2D eigenvalue weighted by Crippen LogP contribution is -1.91. The van der Waals surface area contributed by atoms with Crippen molar-refractivity contribution in [3.63, 3.8) is 0 Å². The van der Waals surface area contributed by atoms with Gasteiger partial charge in [-0.05, 0) is 31.9 Å². The van der Waals surface area contributed by atoms with Crippen LogP contribution < -0.4 is 0 Å². The normalized spacial score (nSPS) is 10.7. The monoisotopic (exact) mass is 275 g/mol. The first-order valence-electron chi connectivity index (χ1n) is 2.93. The van der Waals surface area contributed by atoms with E-state index in [0.29, 0.717) is 0 Å². The third kappa shape index (κ3) is 1.18. The minimum absolute atomic E-state index is 0.803. The van der Waals surface area contributed by atoms with Crippen molar-refractivity contribution in [3.8, 4) is 0 Å². The molecule has 0 aliphatic carbocycles. The maximum Gasteiger partial charge on any atom is 0.157 e. The van der Waals surface area contributed by atoms with E-state index in [9.17, 15) is 0 Å². The Bertz CT molecular complexity index is 396. The molecule has 0 aromatic carbocycles. The van der Waals surface area contributed by atoms with E-state index >= 15 is 0 Å². The molecule has 56 valence electrons. The lowest BCUT2D eigenvalue weighted by Gasteiger charge is -1.95. The fourth-order valence-corrected chi connectivity index (χ4v) is 2.04. The molecule has 0 unspecified atom stereocenters. The molecule has 0 aliphatic heterocycles. The van der Waals surface area contributed by atoms with E-state index < -0.39 is 0 Å². The molecular formula is C6H3Br2N3. The molecule has 2 aromatic rings. The molecule has 0 fully saturated rings. The topological polar surface area (TPSA) is 30.2 Å². The van der Waals surface area contributed by atoms with E-state index in [0.717, 1.165) is 14.9 Å². The third-order valence-electron chi connectivity index (χ3n) is 1.28. The predicted molar refractivity (Wildman–Crippen MR) is 48.4 cm³/mol. The van der Waals surface area contributed by atoms with Crippen molar-refractivity contribution in [2.24, 2.45) is 0 Å². The Labute approximate surface area is 79.7 Å². The van der Waals surface area contributed by atoms with Crippen LogP contribution in [0.2, 0.25) is 0 Å². The number of aromatic nitrogens is 3. The van der Waals surface area contributed by atoms with Crippen LogP contribution in [-0.4, -0.2) is 14.6 Å². The molecule has 0 atom stereocenters. The van der Waals surface area contributed by atoms with Crippen LogP contribution in [0.1, 0.15) is 0 Å².